The summed E-state index contributed by atoms with van der Waals surface area (Å²) in [5.41, 5.74) is 5.54. The second kappa shape index (κ2) is 4.53. The van der Waals surface area contributed by atoms with Gasteiger partial charge in [0.05, 0.1) is 5.54 Å². The summed E-state index contributed by atoms with van der Waals surface area (Å²) in [6.07, 6.45) is 0. The number of phenolic OH excluding ortho intramolecular Hbond substituents is 1. The highest BCUT2D eigenvalue weighted by molar-refractivity contribution is 5.84. The van der Waals surface area contributed by atoms with E-state index in [1.807, 2.05) is 6.07 Å². The summed E-state index contributed by atoms with van der Waals surface area (Å²) < 4.78 is 0. The smallest absolute Gasteiger partial charge is 0.242 e. The predicted molar refractivity (Wildman–Crippen MR) is 62.8 cm³/mol. The van der Waals surface area contributed by atoms with Crippen molar-refractivity contribution in [3.63, 3.8) is 0 Å². The van der Waals surface area contributed by atoms with Crippen molar-refractivity contribution in [2.75, 3.05) is 7.05 Å². The molecule has 0 aliphatic heterocycles. The Kier molecular flexibility index (Phi) is 3.55. The van der Waals surface area contributed by atoms with Gasteiger partial charge < -0.3 is 15.7 Å². The Morgan fingerprint density at radius 3 is 2.50 bits per heavy atom. The van der Waals surface area contributed by atoms with Crippen LogP contribution in [0.2, 0.25) is 0 Å². The standard InChI is InChI=1S/C12H18N2O2/c1-12(2,13)11(16)14(3)8-9-6-4-5-7-10(9)15/h4-7,15H,8,13H2,1-3H3. The number of para-hydroxylation sites is 1. The van der Waals surface area contributed by atoms with Crippen molar-refractivity contribution in [3.8, 4) is 5.75 Å². The van der Waals surface area contributed by atoms with Gasteiger partial charge in [0.15, 0.2) is 0 Å². The van der Waals surface area contributed by atoms with Crippen LogP contribution < -0.4 is 5.73 Å². The number of amides is 1. The van der Waals surface area contributed by atoms with Crippen molar-refractivity contribution in [2.24, 2.45) is 5.73 Å². The Morgan fingerprint density at radius 1 is 1.44 bits per heavy atom. The molecular formula is C12H18N2O2. The summed E-state index contributed by atoms with van der Waals surface area (Å²) in [6.45, 7) is 3.68. The lowest BCUT2D eigenvalue weighted by Crippen LogP contribution is -2.49. The van der Waals surface area contributed by atoms with E-state index in [1.54, 1.807) is 39.1 Å². The van der Waals surface area contributed by atoms with Crippen LogP contribution >= 0.6 is 0 Å². The molecule has 0 atom stereocenters. The molecule has 0 bridgehead atoms. The molecule has 1 rings (SSSR count). The molecule has 0 radical (unpaired) electrons. The molecule has 0 saturated heterocycles. The Morgan fingerprint density at radius 2 is 2.00 bits per heavy atom. The molecule has 0 heterocycles. The average molecular weight is 222 g/mol. The summed E-state index contributed by atoms with van der Waals surface area (Å²) in [6, 6.07) is 6.94. The first kappa shape index (κ1) is 12.5. The number of carbonyl (C=O) groups is 1. The lowest BCUT2D eigenvalue weighted by Gasteiger charge is -2.26. The van der Waals surface area contributed by atoms with Crippen molar-refractivity contribution in [2.45, 2.75) is 25.9 Å². The van der Waals surface area contributed by atoms with Gasteiger partial charge in [0.25, 0.3) is 0 Å². The summed E-state index contributed by atoms with van der Waals surface area (Å²) in [5, 5.41) is 9.57. The highest BCUT2D eigenvalue weighted by Crippen LogP contribution is 2.18. The van der Waals surface area contributed by atoms with Crippen molar-refractivity contribution in [3.05, 3.63) is 29.8 Å². The van der Waals surface area contributed by atoms with Gasteiger partial charge in [-0.15, -0.1) is 0 Å². The van der Waals surface area contributed by atoms with Gasteiger partial charge in [-0.25, -0.2) is 0 Å². The maximum Gasteiger partial charge on any atom is 0.242 e. The molecule has 0 saturated carbocycles. The van der Waals surface area contributed by atoms with E-state index in [-0.39, 0.29) is 11.7 Å². The molecule has 16 heavy (non-hydrogen) atoms. The molecule has 1 aromatic rings. The molecule has 0 fully saturated rings. The Labute approximate surface area is 95.7 Å². The largest absolute Gasteiger partial charge is 0.508 e. The molecule has 0 aliphatic carbocycles. The first-order chi connectivity index (χ1) is 7.32. The predicted octanol–water partition coefficient (Wildman–Crippen LogP) is 1.09. The number of rotatable bonds is 3. The van der Waals surface area contributed by atoms with Crippen molar-refractivity contribution >= 4 is 5.91 Å². The van der Waals surface area contributed by atoms with Crippen LogP contribution in [0.15, 0.2) is 24.3 Å². The molecule has 0 aromatic heterocycles. The van der Waals surface area contributed by atoms with Gasteiger partial charge >= 0.3 is 0 Å². The Balaban J connectivity index is 2.76. The summed E-state index contributed by atoms with van der Waals surface area (Å²) in [5.74, 6) is 0.0349. The van der Waals surface area contributed by atoms with Gasteiger partial charge in [-0.2, -0.15) is 0 Å². The third kappa shape index (κ3) is 2.97. The molecule has 0 aliphatic rings. The summed E-state index contributed by atoms with van der Waals surface area (Å²) in [4.78, 5) is 13.3. The zero-order valence-electron chi connectivity index (χ0n) is 9.90. The van der Waals surface area contributed by atoms with Gasteiger partial charge in [0.1, 0.15) is 5.75 Å². The second-order valence-corrected chi connectivity index (χ2v) is 4.51. The molecule has 1 aromatic carbocycles. The molecular weight excluding hydrogens is 204 g/mol. The number of nitrogens with two attached hydrogens (primary N) is 1. The molecule has 0 spiro atoms. The van der Waals surface area contributed by atoms with Crippen LogP contribution in [0.4, 0.5) is 0 Å². The number of hydrogen-bond donors (Lipinski definition) is 2. The quantitative estimate of drug-likeness (QED) is 0.804. The fraction of sp³-hybridized carbons (Fsp3) is 0.417. The van der Waals surface area contributed by atoms with Crippen LogP contribution in [-0.4, -0.2) is 28.5 Å². The maximum atomic E-state index is 11.8. The van der Waals surface area contributed by atoms with Crippen molar-refractivity contribution in [1.29, 1.82) is 0 Å². The van der Waals surface area contributed by atoms with Crippen LogP contribution in [0.5, 0.6) is 5.75 Å². The SMILES string of the molecule is CN(Cc1ccccc1O)C(=O)C(C)(C)N. The van der Waals surface area contributed by atoms with Crippen LogP contribution in [0, 0.1) is 0 Å². The minimum atomic E-state index is -0.890. The van der Waals surface area contributed by atoms with Gasteiger partial charge in [0, 0.05) is 19.2 Å². The minimum Gasteiger partial charge on any atom is -0.508 e. The van der Waals surface area contributed by atoms with Crippen molar-refractivity contribution in [1.82, 2.24) is 4.90 Å². The zero-order chi connectivity index (χ0) is 12.3. The van der Waals surface area contributed by atoms with E-state index in [4.69, 9.17) is 5.73 Å². The number of benzene rings is 1. The minimum absolute atomic E-state index is 0.157. The van der Waals surface area contributed by atoms with E-state index in [0.717, 1.165) is 0 Å². The number of aromatic hydroxyl groups is 1. The number of hydrogen-bond acceptors (Lipinski definition) is 3. The third-order valence-corrected chi connectivity index (χ3v) is 2.30. The number of likely N-dealkylation sites (N-methyl/N-ethyl adjacent to an activating group) is 1. The maximum absolute atomic E-state index is 11.8. The molecule has 4 heteroatoms. The van der Waals surface area contributed by atoms with E-state index in [0.29, 0.717) is 12.1 Å². The number of carbonyl (C=O) groups excluding carboxylic acids is 1. The Bertz CT molecular complexity index is 383. The van der Waals surface area contributed by atoms with E-state index < -0.39 is 5.54 Å². The fourth-order valence-electron chi connectivity index (χ4n) is 1.46. The Hall–Kier alpha value is -1.55. The van der Waals surface area contributed by atoms with Gasteiger partial charge in [-0.3, -0.25) is 4.79 Å². The van der Waals surface area contributed by atoms with Crippen LogP contribution in [-0.2, 0) is 11.3 Å². The van der Waals surface area contributed by atoms with Gasteiger partial charge in [-0.05, 0) is 19.9 Å². The first-order valence-corrected chi connectivity index (χ1v) is 5.13. The topological polar surface area (TPSA) is 66.6 Å². The molecule has 3 N–H and O–H groups in total. The lowest BCUT2D eigenvalue weighted by atomic mass is 10.1. The van der Waals surface area contributed by atoms with E-state index in [1.165, 1.54) is 4.90 Å². The summed E-state index contributed by atoms with van der Waals surface area (Å²) >= 11 is 0. The fourth-order valence-corrected chi connectivity index (χ4v) is 1.46. The van der Waals surface area contributed by atoms with Gasteiger partial charge in [0.2, 0.25) is 5.91 Å². The van der Waals surface area contributed by atoms with E-state index in [9.17, 15) is 9.90 Å². The van der Waals surface area contributed by atoms with E-state index >= 15 is 0 Å². The normalized spacial score (nSPS) is 11.2. The van der Waals surface area contributed by atoms with Crippen molar-refractivity contribution < 1.29 is 9.90 Å². The third-order valence-electron chi connectivity index (χ3n) is 2.30. The molecule has 1 amide bonds. The van der Waals surface area contributed by atoms with Crippen LogP contribution in [0.1, 0.15) is 19.4 Å². The molecule has 88 valence electrons. The molecule has 4 nitrogen and oxygen atoms in total. The average Bonchev–Trinajstić information content (AvgIpc) is 2.19. The second-order valence-electron chi connectivity index (χ2n) is 4.51. The van der Waals surface area contributed by atoms with Crippen LogP contribution in [0.3, 0.4) is 0 Å². The highest BCUT2D eigenvalue weighted by Gasteiger charge is 2.25. The van der Waals surface area contributed by atoms with Gasteiger partial charge in [-0.1, -0.05) is 18.2 Å². The zero-order valence-corrected chi connectivity index (χ0v) is 9.90. The van der Waals surface area contributed by atoms with E-state index in [2.05, 4.69) is 0 Å². The first-order valence-electron chi connectivity index (χ1n) is 5.13. The molecule has 0 unspecified atom stereocenters. The summed E-state index contributed by atoms with van der Waals surface area (Å²) in [7, 11) is 1.67. The number of nitrogens with zero attached hydrogens (tertiary/aromatic N) is 1. The lowest BCUT2D eigenvalue weighted by molar-refractivity contribution is -0.135. The van der Waals surface area contributed by atoms with Crippen LogP contribution in [0.25, 0.3) is 0 Å². The number of phenols is 1. The highest BCUT2D eigenvalue weighted by atomic mass is 16.3. The monoisotopic (exact) mass is 222 g/mol.